The summed E-state index contributed by atoms with van der Waals surface area (Å²) in [6, 6.07) is 6.48. The number of carbonyl (C=O) groups is 1. The van der Waals surface area contributed by atoms with Gasteiger partial charge in [-0.05, 0) is 31.5 Å². The first-order valence-electron chi connectivity index (χ1n) is 5.73. The van der Waals surface area contributed by atoms with Gasteiger partial charge in [-0.3, -0.25) is 10.2 Å². The van der Waals surface area contributed by atoms with Crippen molar-refractivity contribution in [3.8, 4) is 5.75 Å². The first kappa shape index (κ1) is 13.1. The predicted octanol–water partition coefficient (Wildman–Crippen LogP) is 0.859. The molecule has 0 unspecified atom stereocenters. The van der Waals surface area contributed by atoms with Gasteiger partial charge in [-0.2, -0.15) is 0 Å². The van der Waals surface area contributed by atoms with Gasteiger partial charge in [0.2, 0.25) is 0 Å². The fourth-order valence-corrected chi connectivity index (χ4v) is 1.75. The molecule has 0 spiro atoms. The molecule has 2 rings (SSSR count). The fraction of sp³-hybridized carbons (Fsp3) is 0.231. The summed E-state index contributed by atoms with van der Waals surface area (Å²) in [6.07, 6.45) is -0.737. The van der Waals surface area contributed by atoms with Gasteiger partial charge in [-0.1, -0.05) is 0 Å². The van der Waals surface area contributed by atoms with Crippen molar-refractivity contribution in [2.24, 2.45) is 5.84 Å². The van der Waals surface area contributed by atoms with Crippen molar-refractivity contribution >= 4 is 16.9 Å². The van der Waals surface area contributed by atoms with Crippen molar-refractivity contribution in [3.05, 3.63) is 40.2 Å². The molecule has 0 aliphatic carbocycles. The Morgan fingerprint density at radius 2 is 2.16 bits per heavy atom. The molecule has 1 amide bonds. The summed E-state index contributed by atoms with van der Waals surface area (Å²) in [6.45, 7) is 3.39. The monoisotopic (exact) mass is 262 g/mol. The molecular weight excluding hydrogens is 248 g/mol. The van der Waals surface area contributed by atoms with Crippen LogP contribution in [0.2, 0.25) is 0 Å². The molecule has 0 saturated heterocycles. The molecule has 0 aliphatic rings. The minimum absolute atomic E-state index is 0.419. The summed E-state index contributed by atoms with van der Waals surface area (Å²) in [5.74, 6) is 5.01. The molecule has 1 aromatic heterocycles. The highest BCUT2D eigenvalue weighted by molar-refractivity contribution is 5.82. The van der Waals surface area contributed by atoms with Crippen molar-refractivity contribution < 1.29 is 13.9 Å². The Kier molecular flexibility index (Phi) is 3.52. The van der Waals surface area contributed by atoms with Crippen molar-refractivity contribution in [2.75, 3.05) is 0 Å². The van der Waals surface area contributed by atoms with Gasteiger partial charge in [-0.15, -0.1) is 0 Å². The molecule has 1 aromatic carbocycles. The summed E-state index contributed by atoms with van der Waals surface area (Å²) in [5, 5.41) is 0.822. The molecule has 1 heterocycles. The molecule has 0 aliphatic heterocycles. The van der Waals surface area contributed by atoms with E-state index in [0.717, 1.165) is 10.9 Å². The molecule has 100 valence electrons. The molecule has 0 bridgehead atoms. The number of hydrogen-bond donors (Lipinski definition) is 2. The third-order valence-electron chi connectivity index (χ3n) is 2.75. The number of hydrogen-bond acceptors (Lipinski definition) is 5. The van der Waals surface area contributed by atoms with Crippen molar-refractivity contribution in [3.63, 3.8) is 0 Å². The van der Waals surface area contributed by atoms with Crippen molar-refractivity contribution in [1.82, 2.24) is 5.43 Å². The quantitative estimate of drug-likeness (QED) is 0.370. The van der Waals surface area contributed by atoms with Gasteiger partial charge in [0.05, 0.1) is 0 Å². The van der Waals surface area contributed by atoms with E-state index in [0.29, 0.717) is 11.3 Å². The van der Waals surface area contributed by atoms with Crippen LogP contribution in [0.15, 0.2) is 33.5 Å². The van der Waals surface area contributed by atoms with Crippen LogP contribution in [0, 0.1) is 6.92 Å². The number of fused-ring (bicyclic) bond motifs is 1. The number of nitrogens with two attached hydrogens (primary N) is 1. The number of amides is 1. The van der Waals surface area contributed by atoms with Gasteiger partial charge < -0.3 is 9.15 Å². The number of benzene rings is 1. The Morgan fingerprint density at radius 3 is 2.84 bits per heavy atom. The predicted molar refractivity (Wildman–Crippen MR) is 69.6 cm³/mol. The van der Waals surface area contributed by atoms with E-state index >= 15 is 0 Å². The topological polar surface area (TPSA) is 94.6 Å². The Bertz CT molecular complexity index is 678. The summed E-state index contributed by atoms with van der Waals surface area (Å²) >= 11 is 0. The molecule has 0 saturated carbocycles. The second kappa shape index (κ2) is 5.11. The molecule has 3 N–H and O–H groups in total. The van der Waals surface area contributed by atoms with Gasteiger partial charge in [0.25, 0.3) is 5.91 Å². The normalized spacial score (nSPS) is 12.2. The number of hydrazine groups is 1. The minimum Gasteiger partial charge on any atom is -0.481 e. The molecule has 1 atom stereocenters. The number of rotatable bonds is 3. The highest BCUT2D eigenvalue weighted by atomic mass is 16.5. The molecule has 0 fully saturated rings. The van der Waals surface area contributed by atoms with Crippen LogP contribution in [0.25, 0.3) is 11.0 Å². The minimum atomic E-state index is -0.737. The number of aryl methyl sites for hydroxylation is 1. The fourth-order valence-electron chi connectivity index (χ4n) is 1.75. The molecular formula is C13H14N2O4. The third-order valence-corrected chi connectivity index (χ3v) is 2.75. The maximum absolute atomic E-state index is 11.3. The number of ether oxygens (including phenoxy) is 1. The smallest absolute Gasteiger partial charge is 0.336 e. The Morgan fingerprint density at radius 1 is 1.42 bits per heavy atom. The van der Waals surface area contributed by atoms with Gasteiger partial charge >= 0.3 is 5.63 Å². The van der Waals surface area contributed by atoms with Gasteiger partial charge in [-0.25, -0.2) is 10.6 Å². The Labute approximate surface area is 109 Å². The first-order valence-corrected chi connectivity index (χ1v) is 5.73. The summed E-state index contributed by atoms with van der Waals surface area (Å²) in [5.41, 5.74) is 2.83. The lowest BCUT2D eigenvalue weighted by Gasteiger charge is -2.13. The Hall–Kier alpha value is -2.34. The average Bonchev–Trinajstić information content (AvgIpc) is 2.36. The lowest BCUT2D eigenvalue weighted by molar-refractivity contribution is -0.127. The summed E-state index contributed by atoms with van der Waals surface area (Å²) < 4.78 is 10.5. The standard InChI is InChI=1S/C13H14N2O4/c1-7-5-12(16)19-11-6-9(3-4-10(7)11)18-8(2)13(17)15-14/h3-6,8H,14H2,1-2H3,(H,15,17)/t8-/m1/s1. The third kappa shape index (κ3) is 2.74. The van der Waals surface area contributed by atoms with Crippen LogP contribution in [0.5, 0.6) is 5.75 Å². The Balaban J connectivity index is 2.36. The highest BCUT2D eigenvalue weighted by Gasteiger charge is 2.13. The van der Waals surface area contributed by atoms with Crippen LogP contribution in [0.1, 0.15) is 12.5 Å². The van der Waals surface area contributed by atoms with Crippen LogP contribution in [0.3, 0.4) is 0 Å². The summed E-state index contributed by atoms with van der Waals surface area (Å²) in [4.78, 5) is 22.6. The zero-order valence-electron chi connectivity index (χ0n) is 10.6. The summed E-state index contributed by atoms with van der Waals surface area (Å²) in [7, 11) is 0. The van der Waals surface area contributed by atoms with E-state index in [-0.39, 0.29) is 0 Å². The number of carbonyl (C=O) groups excluding carboxylic acids is 1. The van der Waals surface area contributed by atoms with E-state index in [1.54, 1.807) is 25.1 Å². The van der Waals surface area contributed by atoms with E-state index < -0.39 is 17.6 Å². The molecule has 6 nitrogen and oxygen atoms in total. The van der Waals surface area contributed by atoms with Crippen LogP contribution in [-0.2, 0) is 4.79 Å². The van der Waals surface area contributed by atoms with Crippen LogP contribution in [-0.4, -0.2) is 12.0 Å². The van der Waals surface area contributed by atoms with Crippen LogP contribution in [0.4, 0.5) is 0 Å². The van der Waals surface area contributed by atoms with Crippen LogP contribution >= 0.6 is 0 Å². The van der Waals surface area contributed by atoms with Crippen molar-refractivity contribution in [2.45, 2.75) is 20.0 Å². The first-order chi connectivity index (χ1) is 9.01. The second-order valence-corrected chi connectivity index (χ2v) is 4.18. The number of nitrogens with one attached hydrogen (secondary N) is 1. The maximum atomic E-state index is 11.3. The van der Waals surface area contributed by atoms with Gasteiger partial charge in [0.15, 0.2) is 6.10 Å². The average molecular weight is 262 g/mol. The van der Waals surface area contributed by atoms with E-state index in [2.05, 4.69) is 0 Å². The SMILES string of the molecule is Cc1cc(=O)oc2cc(O[C@H](C)C(=O)NN)ccc12. The molecule has 2 aromatic rings. The highest BCUT2D eigenvalue weighted by Crippen LogP contribution is 2.22. The van der Waals surface area contributed by atoms with Gasteiger partial charge in [0.1, 0.15) is 11.3 Å². The zero-order chi connectivity index (χ0) is 14.0. The molecule has 6 heteroatoms. The molecule has 0 radical (unpaired) electrons. The lowest BCUT2D eigenvalue weighted by Crippen LogP contribution is -2.40. The van der Waals surface area contributed by atoms with E-state index in [1.807, 2.05) is 12.3 Å². The second-order valence-electron chi connectivity index (χ2n) is 4.18. The zero-order valence-corrected chi connectivity index (χ0v) is 10.6. The van der Waals surface area contributed by atoms with Crippen molar-refractivity contribution in [1.29, 1.82) is 0 Å². The molecule has 19 heavy (non-hydrogen) atoms. The largest absolute Gasteiger partial charge is 0.481 e. The van der Waals surface area contributed by atoms with Crippen LogP contribution < -0.4 is 21.6 Å². The lowest BCUT2D eigenvalue weighted by atomic mass is 10.1. The van der Waals surface area contributed by atoms with Gasteiger partial charge in [0, 0.05) is 17.5 Å². The van der Waals surface area contributed by atoms with E-state index in [1.165, 1.54) is 6.07 Å². The van der Waals surface area contributed by atoms with E-state index in [4.69, 9.17) is 15.0 Å². The maximum Gasteiger partial charge on any atom is 0.336 e. The van der Waals surface area contributed by atoms with E-state index in [9.17, 15) is 9.59 Å².